The second kappa shape index (κ2) is 9.97. The van der Waals surface area contributed by atoms with Crippen LogP contribution in [0.15, 0.2) is 36.4 Å². The van der Waals surface area contributed by atoms with Gasteiger partial charge in [0, 0.05) is 24.0 Å². The van der Waals surface area contributed by atoms with E-state index >= 15 is 0 Å². The van der Waals surface area contributed by atoms with Gasteiger partial charge in [0.2, 0.25) is 0 Å². The number of amides is 1. The lowest BCUT2D eigenvalue weighted by molar-refractivity contribution is 0.0205. The molecule has 2 heterocycles. The van der Waals surface area contributed by atoms with Crippen LogP contribution in [0.5, 0.6) is 0 Å². The summed E-state index contributed by atoms with van der Waals surface area (Å²) < 4.78 is 20.1. The molecule has 1 fully saturated rings. The Hall–Kier alpha value is -2.93. The standard InChI is InChI=1S/C27H32ClFN4O2/c1-16(20-7-6-8-22(28)24(20)29)30-25-21-15-19(9-10-23(21)31-17(2)32-25)18-11-13-33(14-12-18)26(34)35-27(3,4)5/h6-10,15-16,18H,11-14H2,1-5H3,(H,30,31,32)/t16-/m1/s1. The van der Waals surface area contributed by atoms with Crippen molar-refractivity contribution in [1.82, 2.24) is 14.9 Å². The highest BCUT2D eigenvalue weighted by Crippen LogP contribution is 2.33. The van der Waals surface area contributed by atoms with Crippen molar-refractivity contribution in [2.45, 2.75) is 65.0 Å². The lowest BCUT2D eigenvalue weighted by atomic mass is 9.89. The largest absolute Gasteiger partial charge is 0.444 e. The molecule has 1 aromatic heterocycles. The zero-order valence-electron chi connectivity index (χ0n) is 20.9. The van der Waals surface area contributed by atoms with E-state index in [4.69, 9.17) is 16.3 Å². The average Bonchev–Trinajstić information content (AvgIpc) is 2.79. The summed E-state index contributed by atoms with van der Waals surface area (Å²) in [6.45, 7) is 10.7. The molecule has 0 aliphatic carbocycles. The first-order chi connectivity index (χ1) is 16.5. The van der Waals surface area contributed by atoms with Crippen LogP contribution >= 0.6 is 11.6 Å². The van der Waals surface area contributed by atoms with Gasteiger partial charge in [0.05, 0.1) is 16.6 Å². The molecule has 3 aromatic rings. The van der Waals surface area contributed by atoms with Crippen molar-refractivity contribution in [3.63, 3.8) is 0 Å². The highest BCUT2D eigenvalue weighted by atomic mass is 35.5. The fourth-order valence-corrected chi connectivity index (χ4v) is 4.67. The number of halogens is 2. The number of hydrogen-bond acceptors (Lipinski definition) is 5. The average molecular weight is 499 g/mol. The number of nitrogens with zero attached hydrogens (tertiary/aromatic N) is 3. The number of carbonyl (C=O) groups excluding carboxylic acids is 1. The van der Waals surface area contributed by atoms with Gasteiger partial charge in [0.25, 0.3) is 0 Å². The van der Waals surface area contributed by atoms with Gasteiger partial charge in [-0.2, -0.15) is 0 Å². The molecular formula is C27H32ClFN4O2. The van der Waals surface area contributed by atoms with Crippen molar-refractivity contribution < 1.29 is 13.9 Å². The second-order valence-corrected chi connectivity index (χ2v) is 10.6. The van der Waals surface area contributed by atoms with Gasteiger partial charge >= 0.3 is 6.09 Å². The van der Waals surface area contributed by atoms with E-state index in [1.54, 1.807) is 17.0 Å². The first kappa shape index (κ1) is 25.2. The van der Waals surface area contributed by atoms with E-state index in [0.717, 1.165) is 23.7 Å². The molecule has 35 heavy (non-hydrogen) atoms. The van der Waals surface area contributed by atoms with Crippen molar-refractivity contribution in [3.05, 3.63) is 64.2 Å². The minimum absolute atomic E-state index is 0.0971. The molecule has 186 valence electrons. The maximum Gasteiger partial charge on any atom is 0.410 e. The lowest BCUT2D eigenvalue weighted by Gasteiger charge is -2.33. The smallest absolute Gasteiger partial charge is 0.410 e. The van der Waals surface area contributed by atoms with Crippen LogP contribution in [0.25, 0.3) is 10.9 Å². The van der Waals surface area contributed by atoms with Crippen LogP contribution in [0.1, 0.15) is 69.4 Å². The number of aromatic nitrogens is 2. The van der Waals surface area contributed by atoms with Crippen molar-refractivity contribution in [2.75, 3.05) is 18.4 Å². The van der Waals surface area contributed by atoms with Gasteiger partial charge in [-0.3, -0.25) is 0 Å². The van der Waals surface area contributed by atoms with E-state index in [1.165, 1.54) is 11.6 Å². The summed E-state index contributed by atoms with van der Waals surface area (Å²) in [4.78, 5) is 23.4. The number of fused-ring (bicyclic) bond motifs is 1. The Morgan fingerprint density at radius 2 is 1.91 bits per heavy atom. The zero-order valence-corrected chi connectivity index (χ0v) is 21.6. The number of nitrogens with one attached hydrogen (secondary N) is 1. The number of carbonyl (C=O) groups is 1. The molecule has 0 radical (unpaired) electrons. The number of rotatable bonds is 4. The normalized spacial score (nSPS) is 15.8. The van der Waals surface area contributed by atoms with Gasteiger partial charge in [-0.1, -0.05) is 29.8 Å². The molecule has 1 aliphatic heterocycles. The number of anilines is 1. The summed E-state index contributed by atoms with van der Waals surface area (Å²) in [5, 5.41) is 4.35. The summed E-state index contributed by atoms with van der Waals surface area (Å²) >= 11 is 5.99. The topological polar surface area (TPSA) is 67.4 Å². The monoisotopic (exact) mass is 498 g/mol. The van der Waals surface area contributed by atoms with E-state index < -0.39 is 11.4 Å². The van der Waals surface area contributed by atoms with Gasteiger partial charge in [0.1, 0.15) is 23.1 Å². The first-order valence-corrected chi connectivity index (χ1v) is 12.4. The number of aryl methyl sites for hydroxylation is 1. The lowest BCUT2D eigenvalue weighted by Crippen LogP contribution is -2.41. The Morgan fingerprint density at radius 3 is 2.60 bits per heavy atom. The zero-order chi connectivity index (χ0) is 25.3. The Balaban J connectivity index is 1.55. The number of ether oxygens (including phenoxy) is 1. The third kappa shape index (κ3) is 5.84. The molecule has 0 saturated carbocycles. The summed E-state index contributed by atoms with van der Waals surface area (Å²) in [6.07, 6.45) is 1.45. The summed E-state index contributed by atoms with van der Waals surface area (Å²) in [6, 6.07) is 10.9. The maximum atomic E-state index is 14.6. The molecule has 0 unspecified atom stereocenters. The van der Waals surface area contributed by atoms with Crippen LogP contribution in [0, 0.1) is 12.7 Å². The Labute approximate surface area is 210 Å². The highest BCUT2D eigenvalue weighted by Gasteiger charge is 2.28. The number of benzene rings is 2. The first-order valence-electron chi connectivity index (χ1n) is 12.0. The molecule has 6 nitrogen and oxygen atoms in total. The highest BCUT2D eigenvalue weighted by molar-refractivity contribution is 6.30. The summed E-state index contributed by atoms with van der Waals surface area (Å²) in [5.41, 5.74) is 1.98. The Morgan fingerprint density at radius 1 is 1.20 bits per heavy atom. The second-order valence-electron chi connectivity index (χ2n) is 10.1. The molecule has 1 amide bonds. The van der Waals surface area contributed by atoms with Crippen LogP contribution in [-0.2, 0) is 4.74 Å². The third-order valence-electron chi connectivity index (χ3n) is 6.25. The fraction of sp³-hybridized carbons (Fsp3) is 0.444. The van der Waals surface area contributed by atoms with Crippen LogP contribution in [0.2, 0.25) is 5.02 Å². The molecule has 1 N–H and O–H groups in total. The van der Waals surface area contributed by atoms with E-state index in [1.807, 2.05) is 40.7 Å². The van der Waals surface area contributed by atoms with Crippen LogP contribution in [0.3, 0.4) is 0 Å². The number of piperidine rings is 1. The van der Waals surface area contributed by atoms with Crippen molar-refractivity contribution in [3.8, 4) is 0 Å². The summed E-state index contributed by atoms with van der Waals surface area (Å²) in [5.74, 6) is 1.18. The van der Waals surface area contributed by atoms with E-state index in [9.17, 15) is 9.18 Å². The van der Waals surface area contributed by atoms with Gasteiger partial charge in [-0.05, 0) is 77.1 Å². The van der Waals surface area contributed by atoms with Gasteiger partial charge in [-0.25, -0.2) is 19.2 Å². The molecule has 0 spiro atoms. The van der Waals surface area contributed by atoms with Crippen molar-refractivity contribution in [1.29, 1.82) is 0 Å². The van der Waals surface area contributed by atoms with Crippen LogP contribution in [0.4, 0.5) is 15.0 Å². The molecule has 1 saturated heterocycles. The van der Waals surface area contributed by atoms with Gasteiger partial charge in [0.15, 0.2) is 0 Å². The predicted molar refractivity (Wildman–Crippen MR) is 138 cm³/mol. The molecular weight excluding hydrogens is 467 g/mol. The molecule has 8 heteroatoms. The molecule has 1 atom stereocenters. The maximum absolute atomic E-state index is 14.6. The van der Waals surface area contributed by atoms with Crippen molar-refractivity contribution >= 4 is 34.4 Å². The number of likely N-dealkylation sites (tertiary alicyclic amines) is 1. The van der Waals surface area contributed by atoms with Crippen molar-refractivity contribution in [2.24, 2.45) is 0 Å². The quantitative estimate of drug-likeness (QED) is 0.418. The molecule has 2 aromatic carbocycles. The Kier molecular flexibility index (Phi) is 7.17. The van der Waals surface area contributed by atoms with Gasteiger partial charge in [-0.15, -0.1) is 0 Å². The van der Waals surface area contributed by atoms with E-state index in [2.05, 4.69) is 27.4 Å². The molecule has 1 aliphatic rings. The van der Waals surface area contributed by atoms with E-state index in [0.29, 0.717) is 36.2 Å². The van der Waals surface area contributed by atoms with Crippen LogP contribution < -0.4 is 5.32 Å². The third-order valence-corrected chi connectivity index (χ3v) is 6.54. The van der Waals surface area contributed by atoms with E-state index in [-0.39, 0.29) is 17.2 Å². The van der Waals surface area contributed by atoms with Crippen LogP contribution in [-0.4, -0.2) is 39.7 Å². The molecule has 4 rings (SSSR count). The van der Waals surface area contributed by atoms with Gasteiger partial charge < -0.3 is 15.0 Å². The molecule has 0 bridgehead atoms. The fourth-order valence-electron chi connectivity index (χ4n) is 4.49. The number of hydrogen-bond donors (Lipinski definition) is 1. The Bertz CT molecular complexity index is 1240. The SMILES string of the molecule is Cc1nc(N[C@H](C)c2cccc(Cl)c2F)c2cc(C3CCN(C(=O)OC(C)(C)C)CC3)ccc2n1. The minimum atomic E-state index is -0.501. The predicted octanol–water partition coefficient (Wildman–Crippen LogP) is 7.02. The minimum Gasteiger partial charge on any atom is -0.444 e. The summed E-state index contributed by atoms with van der Waals surface area (Å²) in [7, 11) is 0.